The number of amides is 1. The highest BCUT2D eigenvalue weighted by molar-refractivity contribution is 5.84. The monoisotopic (exact) mass is 606 g/mol. The van der Waals surface area contributed by atoms with E-state index in [2.05, 4.69) is 10.0 Å². The zero-order valence-electron chi connectivity index (χ0n) is 25.9. The average molecular weight is 607 g/mol. The van der Waals surface area contributed by atoms with Crippen molar-refractivity contribution in [3.63, 3.8) is 0 Å². The molecule has 2 rings (SSSR count). The second-order valence-corrected chi connectivity index (χ2v) is 11.1. The van der Waals surface area contributed by atoms with Gasteiger partial charge < -0.3 is 33.3 Å². The molecule has 1 aliphatic rings. The van der Waals surface area contributed by atoms with Crippen molar-refractivity contribution in [3.05, 3.63) is 39.8 Å². The number of methoxy groups -OCH3 is 1. The van der Waals surface area contributed by atoms with Crippen molar-refractivity contribution in [2.75, 3.05) is 66.4 Å². The van der Waals surface area contributed by atoms with Gasteiger partial charge in [-0.25, -0.2) is 0 Å². The molecular formula is C30H46N4O9. The summed E-state index contributed by atoms with van der Waals surface area (Å²) in [6.07, 6.45) is 2.13. The summed E-state index contributed by atoms with van der Waals surface area (Å²) < 4.78 is 32.5. The highest BCUT2D eigenvalue weighted by Gasteiger charge is 2.31. The topological polar surface area (TPSA) is 159 Å². The number of unbranched alkanes of at least 4 members (excludes halogenated alkanes) is 1. The first-order chi connectivity index (χ1) is 20.6. The Morgan fingerprint density at radius 1 is 0.977 bits per heavy atom. The number of ether oxygens (including phenoxy) is 6. The second-order valence-electron chi connectivity index (χ2n) is 11.1. The Morgan fingerprint density at radius 3 is 2.35 bits per heavy atom. The van der Waals surface area contributed by atoms with Gasteiger partial charge in [-0.2, -0.15) is 0 Å². The van der Waals surface area contributed by atoms with Crippen LogP contribution >= 0.6 is 0 Å². The Morgan fingerprint density at radius 2 is 1.67 bits per heavy atom. The van der Waals surface area contributed by atoms with E-state index in [1.165, 1.54) is 7.11 Å². The molecular weight excluding hydrogens is 560 g/mol. The second kappa shape index (κ2) is 19.7. The van der Waals surface area contributed by atoms with Crippen LogP contribution in [-0.4, -0.2) is 94.8 Å². The molecule has 1 amide bonds. The number of rotatable bonds is 20. The molecule has 13 nitrogen and oxygen atoms in total. The maximum absolute atomic E-state index is 13.4. The van der Waals surface area contributed by atoms with Gasteiger partial charge in [0.05, 0.1) is 65.7 Å². The zero-order chi connectivity index (χ0) is 31.5. The van der Waals surface area contributed by atoms with Crippen molar-refractivity contribution in [1.29, 1.82) is 0 Å². The Kier molecular flexibility index (Phi) is 16.4. The minimum atomic E-state index is -0.532. The van der Waals surface area contributed by atoms with Crippen LogP contribution in [0.5, 0.6) is 5.75 Å². The number of hydrogen-bond acceptors (Lipinski definition) is 10. The van der Waals surface area contributed by atoms with E-state index in [0.29, 0.717) is 90.8 Å². The summed E-state index contributed by atoms with van der Waals surface area (Å²) >= 11 is 0. The van der Waals surface area contributed by atoms with Crippen molar-refractivity contribution >= 4 is 17.8 Å². The molecule has 0 spiro atoms. The lowest BCUT2D eigenvalue weighted by Crippen LogP contribution is -2.38. The zero-order valence-corrected chi connectivity index (χ0v) is 25.9. The molecule has 0 saturated heterocycles. The summed E-state index contributed by atoms with van der Waals surface area (Å²) in [5, 5.41) is 3.38. The highest BCUT2D eigenvalue weighted by Crippen LogP contribution is 2.28. The van der Waals surface area contributed by atoms with E-state index >= 15 is 0 Å². The van der Waals surface area contributed by atoms with E-state index in [4.69, 9.17) is 34.0 Å². The van der Waals surface area contributed by atoms with Crippen LogP contribution in [0, 0.1) is 5.92 Å². The van der Waals surface area contributed by atoms with Crippen LogP contribution in [0.4, 0.5) is 0 Å². The van der Waals surface area contributed by atoms with Crippen molar-refractivity contribution in [2.24, 2.45) is 11.0 Å². The Labute approximate surface area is 253 Å². The predicted octanol–water partition coefficient (Wildman–Crippen LogP) is 4.00. The summed E-state index contributed by atoms with van der Waals surface area (Å²) in [5.74, 6) is -0.613. The van der Waals surface area contributed by atoms with Gasteiger partial charge in [0.15, 0.2) is 0 Å². The Bertz CT molecular complexity index is 1070. The van der Waals surface area contributed by atoms with E-state index in [1.54, 1.807) is 4.90 Å². The molecule has 1 aromatic carbocycles. The number of azide groups is 1. The van der Waals surface area contributed by atoms with E-state index in [9.17, 15) is 14.4 Å². The van der Waals surface area contributed by atoms with Crippen molar-refractivity contribution in [1.82, 2.24) is 4.90 Å². The number of nitrogens with zero attached hydrogens (tertiary/aromatic N) is 4. The maximum atomic E-state index is 13.4. The molecule has 1 aromatic rings. The molecule has 240 valence electrons. The van der Waals surface area contributed by atoms with Crippen LogP contribution in [0.25, 0.3) is 10.4 Å². The van der Waals surface area contributed by atoms with Gasteiger partial charge in [0, 0.05) is 31.0 Å². The maximum Gasteiger partial charge on any atom is 0.306 e. The fourth-order valence-corrected chi connectivity index (χ4v) is 4.39. The summed E-state index contributed by atoms with van der Waals surface area (Å²) in [6.45, 7) is 9.17. The van der Waals surface area contributed by atoms with E-state index < -0.39 is 17.5 Å². The number of esters is 2. The molecule has 0 unspecified atom stereocenters. The lowest BCUT2D eigenvalue weighted by atomic mass is 9.94. The Balaban J connectivity index is 1.85. The molecule has 0 bridgehead atoms. The smallest absolute Gasteiger partial charge is 0.306 e. The fourth-order valence-electron chi connectivity index (χ4n) is 4.39. The number of hydrogen-bond donors (Lipinski definition) is 0. The summed E-state index contributed by atoms with van der Waals surface area (Å²) in [4.78, 5) is 41.7. The number of fused-ring (bicyclic) bond motifs is 1. The van der Waals surface area contributed by atoms with Crippen molar-refractivity contribution in [2.45, 2.75) is 65.0 Å². The van der Waals surface area contributed by atoms with Gasteiger partial charge in [0.1, 0.15) is 11.4 Å². The van der Waals surface area contributed by atoms with Gasteiger partial charge in [-0.1, -0.05) is 11.2 Å². The lowest BCUT2D eigenvalue weighted by Gasteiger charge is -2.24. The van der Waals surface area contributed by atoms with Crippen LogP contribution in [0.2, 0.25) is 0 Å². The molecule has 13 heteroatoms. The molecule has 43 heavy (non-hydrogen) atoms. The predicted molar refractivity (Wildman–Crippen MR) is 157 cm³/mol. The van der Waals surface area contributed by atoms with Crippen LogP contribution in [-0.2, 0) is 51.0 Å². The average Bonchev–Trinajstić information content (AvgIpc) is 3.08. The Hall–Kier alpha value is -3.38. The van der Waals surface area contributed by atoms with Gasteiger partial charge in [0.25, 0.3) is 0 Å². The van der Waals surface area contributed by atoms with Gasteiger partial charge in [0.2, 0.25) is 5.91 Å². The first-order valence-corrected chi connectivity index (χ1v) is 14.7. The molecule has 0 fully saturated rings. The number of carbonyl (C=O) groups excluding carboxylic acids is 3. The molecule has 1 atom stereocenters. The van der Waals surface area contributed by atoms with Crippen molar-refractivity contribution in [3.8, 4) is 5.75 Å². The number of benzene rings is 1. The van der Waals surface area contributed by atoms with Crippen LogP contribution in [0.15, 0.2) is 23.3 Å². The molecule has 0 aromatic heterocycles. The van der Waals surface area contributed by atoms with Gasteiger partial charge >= 0.3 is 11.9 Å². The lowest BCUT2D eigenvalue weighted by molar-refractivity contribution is -0.155. The fraction of sp³-hybridized carbons (Fsp3) is 0.700. The highest BCUT2D eigenvalue weighted by atomic mass is 16.6. The normalized spacial score (nSPS) is 14.8. The summed E-state index contributed by atoms with van der Waals surface area (Å²) in [6, 6.07) is 5.75. The molecule has 0 aliphatic carbocycles. The minimum Gasteiger partial charge on any atom is -0.494 e. The number of carbonyl (C=O) groups is 3. The first kappa shape index (κ1) is 35.8. The third-order valence-corrected chi connectivity index (χ3v) is 6.42. The van der Waals surface area contributed by atoms with Gasteiger partial charge in [-0.3, -0.25) is 14.4 Å². The first-order valence-electron chi connectivity index (χ1n) is 14.7. The molecule has 1 heterocycles. The largest absolute Gasteiger partial charge is 0.494 e. The van der Waals surface area contributed by atoms with Crippen LogP contribution in [0.3, 0.4) is 0 Å². The molecule has 1 aliphatic heterocycles. The SMILES string of the molecule is COC(=O)C[C@@H]1Cc2ccc(OCCCCC(=O)OC(C)(C)C)cc2CN(CCOCCOCCOCCN=[N+]=[N-])C1=O. The van der Waals surface area contributed by atoms with E-state index in [0.717, 1.165) is 11.1 Å². The van der Waals surface area contributed by atoms with Gasteiger partial charge in [-0.05, 0) is 68.8 Å². The minimum absolute atomic E-state index is 0.000797. The molecule has 0 radical (unpaired) electrons. The van der Waals surface area contributed by atoms with Crippen LogP contribution in [0.1, 0.15) is 57.6 Å². The summed E-state index contributed by atoms with van der Waals surface area (Å²) in [5.41, 5.74) is 9.67. The van der Waals surface area contributed by atoms with E-state index in [-0.39, 0.29) is 24.8 Å². The molecule has 0 saturated carbocycles. The van der Waals surface area contributed by atoms with E-state index in [1.807, 2.05) is 39.0 Å². The standard InChI is InChI=1S/C30H46N4O9/c1-30(2,3)43-27(35)7-5-6-12-42-26-9-8-23-19-24(21-28(36)38-4)29(37)34(22-25(23)20-26)11-14-40-16-18-41-17-15-39-13-10-32-33-31/h8-9,20,24H,5-7,10-19,21-22H2,1-4H3/t24-/m0/s1. The quantitative estimate of drug-likeness (QED) is 0.0703. The third kappa shape index (κ3) is 15.1. The third-order valence-electron chi connectivity index (χ3n) is 6.42. The van der Waals surface area contributed by atoms with Crippen molar-refractivity contribution < 1.29 is 42.8 Å². The molecule has 0 N–H and O–H groups in total. The van der Waals surface area contributed by atoms with Crippen LogP contribution < -0.4 is 4.74 Å². The van der Waals surface area contributed by atoms with Gasteiger partial charge in [-0.15, -0.1) is 0 Å². The summed E-state index contributed by atoms with van der Waals surface area (Å²) in [7, 11) is 1.32.